The Hall–Kier alpha value is -1.03. The maximum absolute atomic E-state index is 11.4. The van der Waals surface area contributed by atoms with Gasteiger partial charge in [-0.15, -0.1) is 0 Å². The fourth-order valence-electron chi connectivity index (χ4n) is 0.982. The number of likely N-dealkylation sites (N-methyl/N-ethyl adjacent to an activating group) is 1. The first-order chi connectivity index (χ1) is 7.87. The maximum Gasteiger partial charge on any atom is 0.336 e. The Bertz CT molecular complexity index is 254. The highest BCUT2D eigenvalue weighted by atomic mass is 16.5. The fraction of sp³-hybridized carbons (Fsp3) is 0.769. The zero-order valence-corrected chi connectivity index (χ0v) is 11.8. The van der Waals surface area contributed by atoms with Gasteiger partial charge < -0.3 is 14.0 Å². The van der Waals surface area contributed by atoms with E-state index < -0.39 is 0 Å². The molecule has 100 valence electrons. The van der Waals surface area contributed by atoms with E-state index in [4.69, 9.17) is 9.47 Å². The first-order valence-corrected chi connectivity index (χ1v) is 6.12. The lowest BCUT2D eigenvalue weighted by molar-refractivity contribution is -0.870. The minimum atomic E-state index is -0.288. The van der Waals surface area contributed by atoms with Crippen LogP contribution in [-0.2, 0) is 14.3 Å². The van der Waals surface area contributed by atoms with E-state index in [9.17, 15) is 4.79 Å². The third-order valence-electron chi connectivity index (χ3n) is 2.19. The predicted octanol–water partition coefficient (Wildman–Crippen LogP) is 1.96. The largest absolute Gasteiger partial charge is 0.495 e. The molecule has 17 heavy (non-hydrogen) atoms. The normalized spacial score (nSPS) is 12.4. The smallest absolute Gasteiger partial charge is 0.336 e. The third kappa shape index (κ3) is 9.87. The van der Waals surface area contributed by atoms with Gasteiger partial charge in [0, 0.05) is 0 Å². The highest BCUT2D eigenvalue weighted by Crippen LogP contribution is 2.00. The van der Waals surface area contributed by atoms with Crippen molar-refractivity contribution in [3.63, 3.8) is 0 Å². The molecule has 0 N–H and O–H groups in total. The standard InChI is InChI=1S/C13H26NO3/c1-6-7-9-17-13(15)12(2)11-16-10-8-14(3,4)5/h11H,6-10H2,1-5H3/q+1. The second-order valence-electron chi connectivity index (χ2n) is 5.18. The molecule has 0 spiro atoms. The van der Waals surface area contributed by atoms with Crippen molar-refractivity contribution in [2.24, 2.45) is 0 Å². The van der Waals surface area contributed by atoms with E-state index in [0.29, 0.717) is 18.8 Å². The average molecular weight is 244 g/mol. The van der Waals surface area contributed by atoms with E-state index in [1.54, 1.807) is 6.92 Å². The molecule has 4 nitrogen and oxygen atoms in total. The van der Waals surface area contributed by atoms with Gasteiger partial charge in [0.15, 0.2) is 0 Å². The molecule has 0 heterocycles. The Kier molecular flexibility index (Phi) is 7.63. The first kappa shape index (κ1) is 16.0. The van der Waals surface area contributed by atoms with Crippen LogP contribution in [0.3, 0.4) is 0 Å². The number of hydrogen-bond donors (Lipinski definition) is 0. The molecule has 0 aliphatic rings. The molecule has 0 aliphatic carbocycles. The molecule has 0 unspecified atom stereocenters. The van der Waals surface area contributed by atoms with Crippen LogP contribution in [0.2, 0.25) is 0 Å². The summed E-state index contributed by atoms with van der Waals surface area (Å²) in [6.07, 6.45) is 3.42. The predicted molar refractivity (Wildman–Crippen MR) is 68.5 cm³/mol. The molecule has 0 saturated carbocycles. The minimum absolute atomic E-state index is 0.288. The number of hydrogen-bond acceptors (Lipinski definition) is 3. The topological polar surface area (TPSA) is 35.5 Å². The molecule has 0 radical (unpaired) electrons. The molecule has 0 aromatic carbocycles. The summed E-state index contributed by atoms with van der Waals surface area (Å²) < 4.78 is 11.2. The van der Waals surface area contributed by atoms with Crippen LogP contribution < -0.4 is 0 Å². The van der Waals surface area contributed by atoms with Gasteiger partial charge in [0.1, 0.15) is 13.2 Å². The van der Waals surface area contributed by atoms with Gasteiger partial charge in [-0.05, 0) is 13.3 Å². The minimum Gasteiger partial charge on any atom is -0.495 e. The van der Waals surface area contributed by atoms with E-state index in [1.807, 2.05) is 0 Å². The third-order valence-corrected chi connectivity index (χ3v) is 2.19. The van der Waals surface area contributed by atoms with Crippen LogP contribution in [0.15, 0.2) is 11.8 Å². The number of unbranched alkanes of at least 4 members (excludes halogenated alkanes) is 1. The number of quaternary nitrogens is 1. The molecule has 0 amide bonds. The summed E-state index contributed by atoms with van der Waals surface area (Å²) in [6.45, 7) is 5.75. The van der Waals surface area contributed by atoms with E-state index in [1.165, 1.54) is 6.26 Å². The summed E-state index contributed by atoms with van der Waals surface area (Å²) in [4.78, 5) is 11.4. The summed E-state index contributed by atoms with van der Waals surface area (Å²) >= 11 is 0. The Balaban J connectivity index is 3.80. The molecular weight excluding hydrogens is 218 g/mol. The number of rotatable bonds is 8. The zero-order chi connectivity index (χ0) is 13.3. The van der Waals surface area contributed by atoms with Gasteiger partial charge in [-0.1, -0.05) is 13.3 Å². The molecular formula is C13H26NO3+. The Morgan fingerprint density at radius 2 is 1.88 bits per heavy atom. The van der Waals surface area contributed by atoms with Crippen molar-refractivity contribution < 1.29 is 18.8 Å². The van der Waals surface area contributed by atoms with Crippen LogP contribution in [-0.4, -0.2) is 51.4 Å². The van der Waals surface area contributed by atoms with Crippen molar-refractivity contribution in [3.05, 3.63) is 11.8 Å². The van der Waals surface area contributed by atoms with E-state index in [-0.39, 0.29) is 5.97 Å². The van der Waals surface area contributed by atoms with Crippen molar-refractivity contribution >= 4 is 5.97 Å². The molecule has 0 aromatic heterocycles. The van der Waals surface area contributed by atoms with E-state index >= 15 is 0 Å². The van der Waals surface area contributed by atoms with Gasteiger partial charge in [-0.3, -0.25) is 0 Å². The summed E-state index contributed by atoms with van der Waals surface area (Å²) in [5, 5.41) is 0. The van der Waals surface area contributed by atoms with Gasteiger partial charge in [0.2, 0.25) is 0 Å². The van der Waals surface area contributed by atoms with E-state index in [0.717, 1.165) is 23.9 Å². The summed E-state index contributed by atoms with van der Waals surface area (Å²) in [5.41, 5.74) is 0.516. The van der Waals surface area contributed by atoms with Gasteiger partial charge >= 0.3 is 5.97 Å². The number of ether oxygens (including phenoxy) is 2. The SMILES string of the molecule is CCCCOC(=O)C(C)=COCC[N+](C)(C)C. The second kappa shape index (κ2) is 8.12. The van der Waals surface area contributed by atoms with Crippen LogP contribution in [0, 0.1) is 0 Å². The molecule has 4 heteroatoms. The number of carbonyl (C=O) groups excluding carboxylic acids is 1. The van der Waals surface area contributed by atoms with Crippen LogP contribution in [0.25, 0.3) is 0 Å². The molecule has 0 rings (SSSR count). The van der Waals surface area contributed by atoms with Gasteiger partial charge in [-0.25, -0.2) is 4.79 Å². The Morgan fingerprint density at radius 3 is 2.41 bits per heavy atom. The van der Waals surface area contributed by atoms with Crippen molar-refractivity contribution in [2.45, 2.75) is 26.7 Å². The molecule has 0 atom stereocenters. The molecule has 0 saturated heterocycles. The highest BCUT2D eigenvalue weighted by molar-refractivity contribution is 5.87. The molecule has 0 aromatic rings. The zero-order valence-electron chi connectivity index (χ0n) is 11.8. The molecule has 0 aliphatic heterocycles. The van der Waals surface area contributed by atoms with Gasteiger partial charge in [0.25, 0.3) is 0 Å². The van der Waals surface area contributed by atoms with Crippen LogP contribution in [0.1, 0.15) is 26.7 Å². The van der Waals surface area contributed by atoms with Gasteiger partial charge in [-0.2, -0.15) is 0 Å². The van der Waals surface area contributed by atoms with Crippen LogP contribution in [0.5, 0.6) is 0 Å². The molecule has 0 bridgehead atoms. The van der Waals surface area contributed by atoms with Crippen molar-refractivity contribution in [1.82, 2.24) is 0 Å². The number of nitrogens with zero attached hydrogens (tertiary/aromatic N) is 1. The molecule has 0 fully saturated rings. The van der Waals surface area contributed by atoms with Crippen molar-refractivity contribution in [2.75, 3.05) is 40.9 Å². The van der Waals surface area contributed by atoms with Crippen LogP contribution in [0.4, 0.5) is 0 Å². The monoisotopic (exact) mass is 244 g/mol. The number of carbonyl (C=O) groups is 1. The van der Waals surface area contributed by atoms with Crippen molar-refractivity contribution in [1.29, 1.82) is 0 Å². The summed E-state index contributed by atoms with van der Waals surface area (Å²) in [7, 11) is 6.29. The first-order valence-electron chi connectivity index (χ1n) is 6.12. The highest BCUT2D eigenvalue weighted by Gasteiger charge is 2.07. The lowest BCUT2D eigenvalue weighted by atomic mass is 10.3. The quantitative estimate of drug-likeness (QED) is 0.215. The average Bonchev–Trinajstić information content (AvgIpc) is 2.23. The summed E-state index contributed by atoms with van der Waals surface area (Å²) in [5.74, 6) is -0.288. The fourth-order valence-corrected chi connectivity index (χ4v) is 0.982. The maximum atomic E-state index is 11.4. The lowest BCUT2D eigenvalue weighted by Gasteiger charge is -2.23. The van der Waals surface area contributed by atoms with E-state index in [2.05, 4.69) is 28.1 Å². The Labute approximate surface area is 105 Å². The van der Waals surface area contributed by atoms with Gasteiger partial charge in [0.05, 0.1) is 39.6 Å². The van der Waals surface area contributed by atoms with Crippen LogP contribution >= 0.6 is 0 Å². The summed E-state index contributed by atoms with van der Waals surface area (Å²) in [6, 6.07) is 0. The lowest BCUT2D eigenvalue weighted by Crippen LogP contribution is -2.37. The Morgan fingerprint density at radius 1 is 1.24 bits per heavy atom. The number of esters is 1. The second-order valence-corrected chi connectivity index (χ2v) is 5.18. The van der Waals surface area contributed by atoms with Crippen molar-refractivity contribution in [3.8, 4) is 0 Å².